The summed E-state index contributed by atoms with van der Waals surface area (Å²) >= 11 is 0. The maximum absolute atomic E-state index is 14.0. The second-order valence-electron chi connectivity index (χ2n) is 5.16. The van der Waals surface area contributed by atoms with Crippen LogP contribution in [0.5, 0.6) is 0 Å². The van der Waals surface area contributed by atoms with Gasteiger partial charge in [0.1, 0.15) is 12.0 Å². The van der Waals surface area contributed by atoms with Gasteiger partial charge in [0.15, 0.2) is 0 Å². The average molecular weight is 294 g/mol. The molecule has 1 aliphatic heterocycles. The Hall–Kier alpha value is -1.46. The molecule has 1 N–H and O–H groups in total. The van der Waals surface area contributed by atoms with Crippen molar-refractivity contribution in [2.75, 3.05) is 19.8 Å². The number of nitrogens with one attached hydrogen (secondary N) is 1. The highest BCUT2D eigenvalue weighted by molar-refractivity contribution is 5.84. The summed E-state index contributed by atoms with van der Waals surface area (Å²) in [4.78, 5) is 14.2. The van der Waals surface area contributed by atoms with Crippen LogP contribution in [0, 0.1) is 5.82 Å². The lowest BCUT2D eigenvalue weighted by Gasteiger charge is -2.24. The molecular formula is C16H23FN2O2. The lowest BCUT2D eigenvalue weighted by Crippen LogP contribution is -2.34. The highest BCUT2D eigenvalue weighted by Gasteiger charge is 2.39. The molecule has 1 aromatic rings. The van der Waals surface area contributed by atoms with Crippen molar-refractivity contribution in [1.29, 1.82) is 0 Å². The summed E-state index contributed by atoms with van der Waals surface area (Å²) in [6, 6.07) is 6.36. The molecule has 0 spiro atoms. The lowest BCUT2D eigenvalue weighted by atomic mass is 10.1. The van der Waals surface area contributed by atoms with Crippen molar-refractivity contribution in [2.45, 2.75) is 38.9 Å². The zero-order chi connectivity index (χ0) is 15.2. The fourth-order valence-corrected chi connectivity index (χ4v) is 2.68. The third-order valence-electron chi connectivity index (χ3n) is 3.71. The Balaban J connectivity index is 2.19. The predicted octanol–water partition coefficient (Wildman–Crippen LogP) is 2.46. The van der Waals surface area contributed by atoms with E-state index in [4.69, 9.17) is 4.74 Å². The van der Waals surface area contributed by atoms with Crippen molar-refractivity contribution in [2.24, 2.45) is 0 Å². The minimum absolute atomic E-state index is 0.0322. The number of rotatable bonds is 7. The zero-order valence-corrected chi connectivity index (χ0v) is 12.6. The number of carbonyl (C=O) groups excluding carboxylic acids is 1. The summed E-state index contributed by atoms with van der Waals surface area (Å²) < 4.78 is 19.4. The Morgan fingerprint density at radius 3 is 2.76 bits per heavy atom. The summed E-state index contributed by atoms with van der Waals surface area (Å²) in [6.45, 7) is 5.50. The van der Waals surface area contributed by atoms with Crippen LogP contribution in [0.4, 0.5) is 4.39 Å². The van der Waals surface area contributed by atoms with Crippen LogP contribution in [0.15, 0.2) is 24.3 Å². The second kappa shape index (κ2) is 7.52. The van der Waals surface area contributed by atoms with Gasteiger partial charge in [-0.3, -0.25) is 10.1 Å². The van der Waals surface area contributed by atoms with Gasteiger partial charge < -0.3 is 9.64 Å². The first-order chi connectivity index (χ1) is 10.2. The third-order valence-corrected chi connectivity index (χ3v) is 3.71. The van der Waals surface area contributed by atoms with Gasteiger partial charge in [-0.15, -0.1) is 0 Å². The topological polar surface area (TPSA) is 41.6 Å². The predicted molar refractivity (Wildman–Crippen MR) is 79.2 cm³/mol. The van der Waals surface area contributed by atoms with E-state index in [0.29, 0.717) is 25.3 Å². The number of benzene rings is 1. The molecule has 1 saturated heterocycles. The van der Waals surface area contributed by atoms with E-state index in [1.165, 1.54) is 6.07 Å². The summed E-state index contributed by atoms with van der Waals surface area (Å²) in [5, 5.41) is 3.26. The summed E-state index contributed by atoms with van der Waals surface area (Å²) in [7, 11) is 0. The fourth-order valence-electron chi connectivity index (χ4n) is 2.68. The molecule has 2 atom stereocenters. The van der Waals surface area contributed by atoms with Crippen molar-refractivity contribution >= 4 is 5.91 Å². The molecule has 2 rings (SSSR count). The van der Waals surface area contributed by atoms with Crippen LogP contribution in [-0.2, 0) is 9.53 Å². The largest absolute Gasteiger partial charge is 0.380 e. The number of hydrogen-bond donors (Lipinski definition) is 1. The smallest absolute Gasteiger partial charge is 0.241 e. The monoisotopic (exact) mass is 294 g/mol. The Morgan fingerprint density at radius 1 is 1.33 bits per heavy atom. The minimum Gasteiger partial charge on any atom is -0.380 e. The Bertz CT molecular complexity index is 481. The van der Waals surface area contributed by atoms with Crippen molar-refractivity contribution in [3.8, 4) is 0 Å². The van der Waals surface area contributed by atoms with Crippen molar-refractivity contribution in [3.05, 3.63) is 35.6 Å². The SMILES string of the molecule is CCCC1NC(c2ccccc2F)N(CCOCC)C1=O. The molecule has 1 aromatic carbocycles. The fraction of sp³-hybridized carbons (Fsp3) is 0.562. The van der Waals surface area contributed by atoms with Crippen molar-refractivity contribution in [3.63, 3.8) is 0 Å². The van der Waals surface area contributed by atoms with E-state index in [1.54, 1.807) is 23.1 Å². The van der Waals surface area contributed by atoms with Gasteiger partial charge in [0.05, 0.1) is 12.6 Å². The normalized spacial score (nSPS) is 22.0. The third kappa shape index (κ3) is 3.60. The van der Waals surface area contributed by atoms with Crippen LogP contribution < -0.4 is 5.32 Å². The van der Waals surface area contributed by atoms with E-state index in [0.717, 1.165) is 12.8 Å². The van der Waals surface area contributed by atoms with Gasteiger partial charge in [-0.2, -0.15) is 0 Å². The average Bonchev–Trinajstić information content (AvgIpc) is 2.78. The number of hydrogen-bond acceptors (Lipinski definition) is 3. The molecule has 21 heavy (non-hydrogen) atoms. The van der Waals surface area contributed by atoms with E-state index < -0.39 is 6.17 Å². The standard InChI is InChI=1S/C16H23FN2O2/c1-3-7-14-16(20)19(10-11-21-4-2)15(18-14)12-8-5-6-9-13(12)17/h5-6,8-9,14-15,18H,3-4,7,10-11H2,1-2H3. The van der Waals surface area contributed by atoms with Gasteiger partial charge in [0.2, 0.25) is 5.91 Å². The highest BCUT2D eigenvalue weighted by Crippen LogP contribution is 2.28. The van der Waals surface area contributed by atoms with E-state index >= 15 is 0 Å². The van der Waals surface area contributed by atoms with Crippen LogP contribution in [-0.4, -0.2) is 36.6 Å². The van der Waals surface area contributed by atoms with Gasteiger partial charge in [-0.25, -0.2) is 4.39 Å². The molecule has 1 aliphatic rings. The van der Waals surface area contributed by atoms with E-state index in [1.807, 2.05) is 13.8 Å². The molecular weight excluding hydrogens is 271 g/mol. The second-order valence-corrected chi connectivity index (χ2v) is 5.16. The summed E-state index contributed by atoms with van der Waals surface area (Å²) in [5.41, 5.74) is 0.515. The van der Waals surface area contributed by atoms with E-state index in [9.17, 15) is 9.18 Å². The van der Waals surface area contributed by atoms with Crippen LogP contribution in [0.25, 0.3) is 0 Å². The van der Waals surface area contributed by atoms with Gasteiger partial charge in [0.25, 0.3) is 0 Å². The Kier molecular flexibility index (Phi) is 5.70. The molecule has 0 bridgehead atoms. The number of halogens is 1. The zero-order valence-electron chi connectivity index (χ0n) is 12.6. The number of amides is 1. The molecule has 0 aliphatic carbocycles. The Labute approximate surface area is 125 Å². The molecule has 1 heterocycles. The van der Waals surface area contributed by atoms with Gasteiger partial charge in [0, 0.05) is 18.7 Å². The first kappa shape index (κ1) is 15.9. The number of carbonyl (C=O) groups is 1. The Morgan fingerprint density at radius 2 is 2.10 bits per heavy atom. The number of nitrogens with zero attached hydrogens (tertiary/aromatic N) is 1. The number of ether oxygens (including phenoxy) is 1. The minimum atomic E-state index is -0.407. The van der Waals surface area contributed by atoms with Crippen LogP contribution >= 0.6 is 0 Å². The molecule has 0 saturated carbocycles. The maximum Gasteiger partial charge on any atom is 0.241 e. The molecule has 1 amide bonds. The summed E-state index contributed by atoms with van der Waals surface area (Å²) in [6.07, 6.45) is 1.26. The van der Waals surface area contributed by atoms with Crippen LogP contribution in [0.3, 0.4) is 0 Å². The van der Waals surface area contributed by atoms with Gasteiger partial charge >= 0.3 is 0 Å². The van der Waals surface area contributed by atoms with Crippen molar-refractivity contribution < 1.29 is 13.9 Å². The molecule has 5 heteroatoms. The van der Waals surface area contributed by atoms with Crippen LogP contribution in [0.1, 0.15) is 38.4 Å². The van der Waals surface area contributed by atoms with Gasteiger partial charge in [-0.05, 0) is 19.4 Å². The molecule has 116 valence electrons. The van der Waals surface area contributed by atoms with Gasteiger partial charge in [-0.1, -0.05) is 31.5 Å². The maximum atomic E-state index is 14.0. The van der Waals surface area contributed by atoms with E-state index in [-0.39, 0.29) is 17.8 Å². The quantitative estimate of drug-likeness (QED) is 0.785. The molecule has 2 unspecified atom stereocenters. The highest BCUT2D eigenvalue weighted by atomic mass is 19.1. The van der Waals surface area contributed by atoms with Crippen molar-refractivity contribution in [1.82, 2.24) is 10.2 Å². The molecule has 4 nitrogen and oxygen atoms in total. The summed E-state index contributed by atoms with van der Waals surface area (Å²) in [5.74, 6) is -0.258. The first-order valence-electron chi connectivity index (χ1n) is 7.57. The molecule has 0 radical (unpaired) electrons. The van der Waals surface area contributed by atoms with Crippen LogP contribution in [0.2, 0.25) is 0 Å². The first-order valence-corrected chi connectivity index (χ1v) is 7.57. The molecule has 1 fully saturated rings. The van der Waals surface area contributed by atoms with E-state index in [2.05, 4.69) is 5.32 Å². The lowest BCUT2D eigenvalue weighted by molar-refractivity contribution is -0.131. The molecule has 0 aromatic heterocycles.